The fourth-order valence-electron chi connectivity index (χ4n) is 3.27. The number of likely N-dealkylation sites (tertiary alicyclic amines) is 1. The van der Waals surface area contributed by atoms with Gasteiger partial charge in [0, 0.05) is 19.1 Å². The van der Waals surface area contributed by atoms with Crippen molar-refractivity contribution in [3.05, 3.63) is 23.8 Å². The van der Waals surface area contributed by atoms with Crippen LogP contribution < -0.4 is 20.5 Å². The van der Waals surface area contributed by atoms with Crippen LogP contribution in [-0.4, -0.2) is 50.8 Å². The quantitative estimate of drug-likeness (QED) is 0.557. The van der Waals surface area contributed by atoms with Gasteiger partial charge in [-0.05, 0) is 43.0 Å². The summed E-state index contributed by atoms with van der Waals surface area (Å²) in [5, 5.41) is 3.28. The number of nitrogens with zero attached hydrogens (tertiary/aromatic N) is 2. The molecule has 1 fully saturated rings. The molecule has 1 aromatic carbocycles. The van der Waals surface area contributed by atoms with Crippen LogP contribution in [0.3, 0.4) is 0 Å². The molecule has 0 saturated carbocycles. The van der Waals surface area contributed by atoms with Crippen molar-refractivity contribution in [3.63, 3.8) is 0 Å². The maximum absolute atomic E-state index is 6.04. The SMILES string of the molecule is COc1ccc(CN=C(N)NC[C@H]2CCCN2CC(C)C)cc1OC. The average Bonchev–Trinajstić information content (AvgIpc) is 3.04. The fraction of sp³-hybridized carbons (Fsp3) is 0.632. The topological polar surface area (TPSA) is 72.1 Å². The summed E-state index contributed by atoms with van der Waals surface area (Å²) < 4.78 is 10.6. The van der Waals surface area contributed by atoms with Gasteiger partial charge < -0.3 is 20.5 Å². The number of aliphatic imine (C=N–C) groups is 1. The van der Waals surface area contributed by atoms with E-state index >= 15 is 0 Å². The first-order valence-electron chi connectivity index (χ1n) is 9.02. The molecule has 0 unspecified atom stereocenters. The standard InChI is InChI=1S/C19H32N4O2/c1-14(2)13-23-9-5-6-16(23)12-22-19(20)21-11-15-7-8-17(24-3)18(10-15)25-4/h7-8,10,14,16H,5-6,9,11-13H2,1-4H3,(H3,20,21,22)/t16-/m1/s1. The number of nitrogens with two attached hydrogens (primary N) is 1. The first-order valence-corrected chi connectivity index (χ1v) is 9.02. The zero-order valence-electron chi connectivity index (χ0n) is 15.9. The molecule has 1 saturated heterocycles. The Balaban J connectivity index is 1.85. The van der Waals surface area contributed by atoms with Crippen LogP contribution >= 0.6 is 0 Å². The lowest BCUT2D eigenvalue weighted by molar-refractivity contribution is 0.227. The number of benzene rings is 1. The molecule has 2 rings (SSSR count). The molecule has 1 aromatic rings. The lowest BCUT2D eigenvalue weighted by atomic mass is 10.1. The van der Waals surface area contributed by atoms with Gasteiger partial charge >= 0.3 is 0 Å². The van der Waals surface area contributed by atoms with Gasteiger partial charge in [0.15, 0.2) is 17.5 Å². The molecule has 0 radical (unpaired) electrons. The largest absolute Gasteiger partial charge is 0.493 e. The van der Waals surface area contributed by atoms with Crippen molar-refractivity contribution in [2.75, 3.05) is 33.9 Å². The van der Waals surface area contributed by atoms with Gasteiger partial charge in [0.05, 0.1) is 20.8 Å². The summed E-state index contributed by atoms with van der Waals surface area (Å²) in [6.45, 7) is 8.24. The Morgan fingerprint density at radius 3 is 2.76 bits per heavy atom. The van der Waals surface area contributed by atoms with Crippen LogP contribution in [0.2, 0.25) is 0 Å². The summed E-state index contributed by atoms with van der Waals surface area (Å²) in [7, 11) is 3.26. The highest BCUT2D eigenvalue weighted by molar-refractivity contribution is 5.77. The van der Waals surface area contributed by atoms with Gasteiger partial charge in [0.2, 0.25) is 0 Å². The predicted molar refractivity (Wildman–Crippen MR) is 102 cm³/mol. The van der Waals surface area contributed by atoms with Crippen molar-refractivity contribution >= 4 is 5.96 Å². The van der Waals surface area contributed by atoms with Gasteiger partial charge in [0.25, 0.3) is 0 Å². The van der Waals surface area contributed by atoms with E-state index in [1.807, 2.05) is 18.2 Å². The third kappa shape index (κ3) is 5.81. The number of hydrogen-bond donors (Lipinski definition) is 2. The zero-order valence-corrected chi connectivity index (χ0v) is 15.9. The number of nitrogens with one attached hydrogen (secondary N) is 1. The lowest BCUT2D eigenvalue weighted by Crippen LogP contribution is -2.43. The van der Waals surface area contributed by atoms with E-state index in [9.17, 15) is 0 Å². The van der Waals surface area contributed by atoms with E-state index in [0.717, 1.165) is 18.7 Å². The Hall–Kier alpha value is -1.95. The minimum Gasteiger partial charge on any atom is -0.493 e. The summed E-state index contributed by atoms with van der Waals surface area (Å²) in [6, 6.07) is 6.34. The fourth-order valence-corrected chi connectivity index (χ4v) is 3.27. The third-order valence-electron chi connectivity index (χ3n) is 4.50. The van der Waals surface area contributed by atoms with Crippen LogP contribution in [0.1, 0.15) is 32.3 Å². The van der Waals surface area contributed by atoms with E-state index in [2.05, 4.69) is 29.1 Å². The number of rotatable bonds is 8. The molecule has 25 heavy (non-hydrogen) atoms. The van der Waals surface area contributed by atoms with E-state index in [1.54, 1.807) is 14.2 Å². The summed E-state index contributed by atoms with van der Waals surface area (Å²) in [5.74, 6) is 2.60. The van der Waals surface area contributed by atoms with Crippen LogP contribution in [0.4, 0.5) is 0 Å². The number of ether oxygens (including phenoxy) is 2. The second kappa shape index (κ2) is 9.51. The predicted octanol–water partition coefficient (Wildman–Crippen LogP) is 2.23. The summed E-state index contributed by atoms with van der Waals surface area (Å²) >= 11 is 0. The van der Waals surface area contributed by atoms with Crippen molar-refractivity contribution in [3.8, 4) is 11.5 Å². The molecule has 6 heteroatoms. The van der Waals surface area contributed by atoms with Crippen LogP contribution in [-0.2, 0) is 6.54 Å². The maximum atomic E-state index is 6.04. The first-order chi connectivity index (χ1) is 12.0. The molecule has 1 atom stereocenters. The van der Waals surface area contributed by atoms with E-state index < -0.39 is 0 Å². The second-order valence-corrected chi connectivity index (χ2v) is 6.96. The maximum Gasteiger partial charge on any atom is 0.188 e. The molecule has 1 heterocycles. The normalized spacial score (nSPS) is 18.6. The van der Waals surface area contributed by atoms with Gasteiger partial charge in [-0.1, -0.05) is 19.9 Å². The number of methoxy groups -OCH3 is 2. The number of guanidine groups is 1. The van der Waals surface area contributed by atoms with Crippen molar-refractivity contribution in [2.45, 2.75) is 39.3 Å². The molecule has 3 N–H and O–H groups in total. The summed E-state index contributed by atoms with van der Waals surface area (Å²) in [5.41, 5.74) is 7.07. The molecule has 140 valence electrons. The van der Waals surface area contributed by atoms with E-state index in [4.69, 9.17) is 15.2 Å². The van der Waals surface area contributed by atoms with Crippen LogP contribution in [0.5, 0.6) is 11.5 Å². The Bertz CT molecular complexity index is 575. The molecule has 1 aliphatic heterocycles. The van der Waals surface area contributed by atoms with Gasteiger partial charge in [-0.3, -0.25) is 4.90 Å². The lowest BCUT2D eigenvalue weighted by Gasteiger charge is -2.26. The smallest absolute Gasteiger partial charge is 0.188 e. The first kappa shape index (κ1) is 19.4. The molecule has 1 aliphatic rings. The third-order valence-corrected chi connectivity index (χ3v) is 4.50. The van der Waals surface area contributed by atoms with E-state index in [0.29, 0.717) is 36.0 Å². The average molecular weight is 348 g/mol. The van der Waals surface area contributed by atoms with Gasteiger partial charge in [-0.2, -0.15) is 0 Å². The molecule has 0 aromatic heterocycles. The minimum absolute atomic E-state index is 0.492. The molecule has 6 nitrogen and oxygen atoms in total. The van der Waals surface area contributed by atoms with Crippen LogP contribution in [0.25, 0.3) is 0 Å². The monoisotopic (exact) mass is 348 g/mol. The van der Waals surface area contributed by atoms with Crippen molar-refractivity contribution in [1.29, 1.82) is 0 Å². The Labute approximate surface area is 151 Å². The summed E-state index contributed by atoms with van der Waals surface area (Å²) in [4.78, 5) is 7.00. The van der Waals surface area contributed by atoms with Gasteiger partial charge in [-0.15, -0.1) is 0 Å². The van der Waals surface area contributed by atoms with Crippen molar-refractivity contribution in [1.82, 2.24) is 10.2 Å². The molecule has 0 amide bonds. The van der Waals surface area contributed by atoms with Gasteiger partial charge in [0.1, 0.15) is 0 Å². The second-order valence-electron chi connectivity index (χ2n) is 6.96. The molecular weight excluding hydrogens is 316 g/mol. The van der Waals surface area contributed by atoms with E-state index in [1.165, 1.54) is 19.4 Å². The van der Waals surface area contributed by atoms with E-state index in [-0.39, 0.29) is 0 Å². The molecular formula is C19H32N4O2. The Morgan fingerprint density at radius 1 is 1.32 bits per heavy atom. The molecule has 0 aliphatic carbocycles. The van der Waals surface area contributed by atoms with Crippen molar-refractivity contribution < 1.29 is 9.47 Å². The molecule has 0 spiro atoms. The highest BCUT2D eigenvalue weighted by Crippen LogP contribution is 2.27. The van der Waals surface area contributed by atoms with Gasteiger partial charge in [-0.25, -0.2) is 4.99 Å². The highest BCUT2D eigenvalue weighted by atomic mass is 16.5. The number of hydrogen-bond acceptors (Lipinski definition) is 4. The highest BCUT2D eigenvalue weighted by Gasteiger charge is 2.24. The molecule has 0 bridgehead atoms. The Kier molecular flexibility index (Phi) is 7.37. The minimum atomic E-state index is 0.492. The Morgan fingerprint density at radius 2 is 2.08 bits per heavy atom. The van der Waals surface area contributed by atoms with Crippen LogP contribution in [0, 0.1) is 5.92 Å². The zero-order chi connectivity index (χ0) is 18.2. The summed E-state index contributed by atoms with van der Waals surface area (Å²) in [6.07, 6.45) is 2.49. The van der Waals surface area contributed by atoms with Crippen LogP contribution in [0.15, 0.2) is 23.2 Å². The van der Waals surface area contributed by atoms with Crippen molar-refractivity contribution in [2.24, 2.45) is 16.6 Å².